The zero-order chi connectivity index (χ0) is 20.1. The molecule has 0 saturated carbocycles. The van der Waals surface area contributed by atoms with Crippen molar-refractivity contribution < 1.29 is 23.9 Å². The molecule has 1 aromatic carbocycles. The molecular weight excluding hydrogens is 374 g/mol. The first-order valence-corrected chi connectivity index (χ1v) is 8.88. The van der Waals surface area contributed by atoms with E-state index in [0.717, 1.165) is 10.5 Å². The number of halogens is 1. The molecule has 1 aliphatic rings. The second-order valence-corrected chi connectivity index (χ2v) is 6.80. The molecule has 9 heteroatoms. The number of benzene rings is 1. The number of anilines is 1. The van der Waals surface area contributed by atoms with Crippen molar-refractivity contribution in [1.82, 2.24) is 9.80 Å². The maximum absolute atomic E-state index is 12.2. The highest BCUT2D eigenvalue weighted by atomic mass is 35.5. The summed E-state index contributed by atoms with van der Waals surface area (Å²) < 4.78 is 5.11. The molecule has 4 amide bonds. The summed E-state index contributed by atoms with van der Waals surface area (Å²) in [5.74, 6) is -1.34. The molecule has 1 aromatic rings. The Morgan fingerprint density at radius 1 is 1.33 bits per heavy atom. The molecule has 0 aliphatic carbocycles. The van der Waals surface area contributed by atoms with E-state index in [1.807, 2.05) is 6.92 Å². The van der Waals surface area contributed by atoms with E-state index in [0.29, 0.717) is 10.7 Å². The number of amides is 4. The predicted octanol–water partition coefficient (Wildman–Crippen LogP) is 2.19. The van der Waals surface area contributed by atoms with Crippen molar-refractivity contribution in [1.29, 1.82) is 0 Å². The molecule has 1 heterocycles. The van der Waals surface area contributed by atoms with Gasteiger partial charge in [0.1, 0.15) is 6.54 Å². The summed E-state index contributed by atoms with van der Waals surface area (Å²) in [5.41, 5.74) is 1.38. The van der Waals surface area contributed by atoms with E-state index >= 15 is 0 Å². The number of rotatable bonds is 7. The van der Waals surface area contributed by atoms with Gasteiger partial charge in [-0.25, -0.2) is 4.79 Å². The number of hydrogen-bond donors (Lipinski definition) is 1. The molecule has 0 unspecified atom stereocenters. The SMILES string of the molecule is Cc1ccc(Cl)cc1NC(=O)[C@H](C)OC(=O)CCCN1C(=O)CN(C)C1=O. The Morgan fingerprint density at radius 2 is 2.04 bits per heavy atom. The number of aryl methyl sites for hydroxylation is 1. The van der Waals surface area contributed by atoms with Crippen LogP contribution in [0.15, 0.2) is 18.2 Å². The van der Waals surface area contributed by atoms with Crippen LogP contribution in [0, 0.1) is 6.92 Å². The number of carbonyl (C=O) groups is 4. The van der Waals surface area contributed by atoms with Gasteiger partial charge >= 0.3 is 12.0 Å². The summed E-state index contributed by atoms with van der Waals surface area (Å²) in [6.07, 6.45) is -0.724. The highest BCUT2D eigenvalue weighted by Gasteiger charge is 2.33. The third-order valence-electron chi connectivity index (χ3n) is 4.13. The van der Waals surface area contributed by atoms with Crippen LogP contribution in [0.4, 0.5) is 10.5 Å². The number of nitrogens with zero attached hydrogens (tertiary/aromatic N) is 2. The van der Waals surface area contributed by atoms with Gasteiger partial charge in [0.15, 0.2) is 6.10 Å². The van der Waals surface area contributed by atoms with Crippen molar-refractivity contribution >= 4 is 41.1 Å². The van der Waals surface area contributed by atoms with Crippen LogP contribution in [0.2, 0.25) is 5.02 Å². The minimum Gasteiger partial charge on any atom is -0.453 e. The summed E-state index contributed by atoms with van der Waals surface area (Å²) >= 11 is 5.91. The summed E-state index contributed by atoms with van der Waals surface area (Å²) in [5, 5.41) is 3.15. The molecule has 0 radical (unpaired) electrons. The van der Waals surface area contributed by atoms with Crippen molar-refractivity contribution in [2.24, 2.45) is 0 Å². The Balaban J connectivity index is 1.78. The van der Waals surface area contributed by atoms with Crippen molar-refractivity contribution in [2.75, 3.05) is 25.5 Å². The first kappa shape index (κ1) is 20.7. The van der Waals surface area contributed by atoms with Gasteiger partial charge in [-0.05, 0) is 38.0 Å². The lowest BCUT2D eigenvalue weighted by Gasteiger charge is -2.16. The minimum atomic E-state index is -0.989. The van der Waals surface area contributed by atoms with Gasteiger partial charge in [0.2, 0.25) is 5.91 Å². The minimum absolute atomic E-state index is 0.00537. The average Bonchev–Trinajstić information content (AvgIpc) is 2.84. The summed E-state index contributed by atoms with van der Waals surface area (Å²) in [6, 6.07) is 4.72. The van der Waals surface area contributed by atoms with E-state index in [1.165, 1.54) is 18.9 Å². The molecule has 2 rings (SSSR count). The van der Waals surface area contributed by atoms with Crippen molar-refractivity contribution in [3.63, 3.8) is 0 Å². The normalized spacial score (nSPS) is 15.1. The largest absolute Gasteiger partial charge is 0.453 e. The molecule has 1 N–H and O–H groups in total. The van der Waals surface area contributed by atoms with E-state index < -0.39 is 18.0 Å². The standard InChI is InChI=1S/C18H22ClN3O5/c1-11-6-7-13(19)9-14(11)20-17(25)12(2)27-16(24)5-4-8-22-15(23)10-21(3)18(22)26/h6-7,9,12H,4-5,8,10H2,1-3H3,(H,20,25)/t12-/m0/s1. The summed E-state index contributed by atoms with van der Waals surface area (Å²) in [6.45, 7) is 3.47. The molecule has 1 atom stereocenters. The smallest absolute Gasteiger partial charge is 0.326 e. The lowest BCUT2D eigenvalue weighted by atomic mass is 10.2. The molecule has 1 aliphatic heterocycles. The quantitative estimate of drug-likeness (QED) is 0.564. The molecular formula is C18H22ClN3O5. The number of imide groups is 1. The van der Waals surface area contributed by atoms with Crippen LogP contribution in [-0.4, -0.2) is 59.9 Å². The van der Waals surface area contributed by atoms with E-state index in [-0.39, 0.29) is 37.9 Å². The Labute approximate surface area is 162 Å². The van der Waals surface area contributed by atoms with Gasteiger partial charge < -0.3 is 15.0 Å². The molecule has 0 aromatic heterocycles. The maximum Gasteiger partial charge on any atom is 0.326 e. The highest BCUT2D eigenvalue weighted by molar-refractivity contribution is 6.31. The fourth-order valence-electron chi connectivity index (χ4n) is 2.54. The van der Waals surface area contributed by atoms with Crippen molar-refractivity contribution in [2.45, 2.75) is 32.8 Å². The maximum atomic E-state index is 12.2. The number of likely N-dealkylation sites (N-methyl/N-ethyl adjacent to an activating group) is 1. The first-order chi connectivity index (χ1) is 12.7. The third kappa shape index (κ3) is 5.43. The second kappa shape index (κ2) is 8.85. The monoisotopic (exact) mass is 395 g/mol. The van der Waals surface area contributed by atoms with Gasteiger partial charge in [-0.15, -0.1) is 0 Å². The number of ether oxygens (including phenoxy) is 1. The van der Waals surface area contributed by atoms with Crippen LogP contribution in [0.5, 0.6) is 0 Å². The van der Waals surface area contributed by atoms with Crippen molar-refractivity contribution in [3.05, 3.63) is 28.8 Å². The van der Waals surface area contributed by atoms with E-state index in [1.54, 1.807) is 18.2 Å². The van der Waals surface area contributed by atoms with Gasteiger partial charge in [0.05, 0.1) is 0 Å². The fourth-order valence-corrected chi connectivity index (χ4v) is 2.72. The summed E-state index contributed by atoms with van der Waals surface area (Å²) in [7, 11) is 1.54. The predicted molar refractivity (Wildman–Crippen MR) is 99.3 cm³/mol. The van der Waals surface area contributed by atoms with E-state index in [2.05, 4.69) is 5.32 Å². The Morgan fingerprint density at radius 3 is 2.67 bits per heavy atom. The topological polar surface area (TPSA) is 96.0 Å². The second-order valence-electron chi connectivity index (χ2n) is 6.37. The van der Waals surface area contributed by atoms with Crippen molar-refractivity contribution in [3.8, 4) is 0 Å². The Bertz CT molecular complexity index is 767. The molecule has 0 spiro atoms. The Kier molecular flexibility index (Phi) is 6.79. The van der Waals surface area contributed by atoms with E-state index in [4.69, 9.17) is 16.3 Å². The summed E-state index contributed by atoms with van der Waals surface area (Å²) in [4.78, 5) is 49.9. The third-order valence-corrected chi connectivity index (χ3v) is 4.36. The number of esters is 1. The zero-order valence-electron chi connectivity index (χ0n) is 15.5. The van der Waals surface area contributed by atoms with Crippen LogP contribution >= 0.6 is 11.6 Å². The van der Waals surface area contributed by atoms with Crippen LogP contribution in [0.3, 0.4) is 0 Å². The molecule has 1 fully saturated rings. The molecule has 0 bridgehead atoms. The van der Waals surface area contributed by atoms with Crippen LogP contribution < -0.4 is 5.32 Å². The number of hydrogen-bond acceptors (Lipinski definition) is 5. The Hall–Kier alpha value is -2.61. The fraction of sp³-hybridized carbons (Fsp3) is 0.444. The first-order valence-electron chi connectivity index (χ1n) is 8.51. The molecule has 8 nitrogen and oxygen atoms in total. The lowest BCUT2D eigenvalue weighted by molar-refractivity contribution is -0.153. The number of urea groups is 1. The van der Waals surface area contributed by atoms with E-state index in [9.17, 15) is 19.2 Å². The number of carbonyl (C=O) groups excluding carboxylic acids is 4. The average molecular weight is 396 g/mol. The lowest BCUT2D eigenvalue weighted by Crippen LogP contribution is -2.33. The highest BCUT2D eigenvalue weighted by Crippen LogP contribution is 2.20. The number of nitrogens with one attached hydrogen (secondary N) is 1. The van der Waals surface area contributed by atoms with Crippen LogP contribution in [-0.2, 0) is 19.1 Å². The van der Waals surface area contributed by atoms with Gasteiger partial charge in [-0.1, -0.05) is 17.7 Å². The van der Waals surface area contributed by atoms with Gasteiger partial charge in [-0.3, -0.25) is 19.3 Å². The molecule has 146 valence electrons. The van der Waals surface area contributed by atoms with Crippen LogP contribution in [0.1, 0.15) is 25.3 Å². The molecule has 1 saturated heterocycles. The van der Waals surface area contributed by atoms with Gasteiger partial charge in [0, 0.05) is 30.7 Å². The molecule has 27 heavy (non-hydrogen) atoms. The van der Waals surface area contributed by atoms with Gasteiger partial charge in [-0.2, -0.15) is 0 Å². The van der Waals surface area contributed by atoms with Crippen LogP contribution in [0.25, 0.3) is 0 Å². The zero-order valence-corrected chi connectivity index (χ0v) is 16.2. The van der Waals surface area contributed by atoms with Gasteiger partial charge in [0.25, 0.3) is 5.91 Å².